The van der Waals surface area contributed by atoms with Gasteiger partial charge in [0.25, 0.3) is 0 Å². The Bertz CT molecular complexity index is 410. The maximum Gasteiger partial charge on any atom is 0.108 e. The van der Waals surface area contributed by atoms with E-state index in [1.807, 2.05) is 24.0 Å². The molecule has 0 aliphatic heterocycles. The lowest BCUT2D eigenvalue weighted by atomic mass is 9.64. The summed E-state index contributed by atoms with van der Waals surface area (Å²) < 4.78 is 2.04. The Labute approximate surface area is 110 Å². The van der Waals surface area contributed by atoms with Gasteiger partial charge in [0, 0.05) is 25.9 Å². The first-order valence-electron chi connectivity index (χ1n) is 6.98. The van der Waals surface area contributed by atoms with Gasteiger partial charge in [0.15, 0.2) is 0 Å². The average molecular weight is 250 g/mol. The van der Waals surface area contributed by atoms with Crippen molar-refractivity contribution in [1.29, 1.82) is 0 Å². The number of imidazole rings is 1. The number of aromatic nitrogens is 2. The van der Waals surface area contributed by atoms with E-state index in [2.05, 4.69) is 25.8 Å². The fourth-order valence-electron chi connectivity index (χ4n) is 3.87. The molecule has 1 N–H and O–H groups in total. The lowest BCUT2D eigenvalue weighted by Crippen LogP contribution is -2.42. The second-order valence-electron chi connectivity index (χ2n) is 7.03. The molecular formula is C15H26N2O. The first kappa shape index (κ1) is 13.6. The van der Waals surface area contributed by atoms with Crippen LogP contribution in [0.1, 0.15) is 52.3 Å². The van der Waals surface area contributed by atoms with Gasteiger partial charge in [-0.15, -0.1) is 0 Å². The van der Waals surface area contributed by atoms with Crippen molar-refractivity contribution in [2.45, 2.75) is 58.5 Å². The molecule has 3 nitrogen and oxygen atoms in total. The van der Waals surface area contributed by atoms with E-state index < -0.39 is 5.60 Å². The van der Waals surface area contributed by atoms with Gasteiger partial charge in [0.2, 0.25) is 0 Å². The number of aliphatic hydroxyl groups is 1. The molecule has 1 heterocycles. The maximum absolute atomic E-state index is 10.8. The summed E-state index contributed by atoms with van der Waals surface area (Å²) in [6.07, 6.45) is 8.54. The number of aryl methyl sites for hydroxylation is 2. The molecule has 1 aromatic heterocycles. The van der Waals surface area contributed by atoms with E-state index in [1.165, 1.54) is 6.42 Å². The minimum Gasteiger partial charge on any atom is -0.390 e. The van der Waals surface area contributed by atoms with Crippen LogP contribution in [0.5, 0.6) is 0 Å². The van der Waals surface area contributed by atoms with Crippen molar-refractivity contribution in [3.63, 3.8) is 0 Å². The Hall–Kier alpha value is -0.830. The van der Waals surface area contributed by atoms with Crippen LogP contribution in [0.2, 0.25) is 0 Å². The van der Waals surface area contributed by atoms with Crippen LogP contribution < -0.4 is 0 Å². The third-order valence-electron chi connectivity index (χ3n) is 4.17. The molecule has 1 aliphatic carbocycles. The van der Waals surface area contributed by atoms with Crippen LogP contribution in [0.25, 0.3) is 0 Å². The minimum atomic E-state index is -0.507. The summed E-state index contributed by atoms with van der Waals surface area (Å²) in [7, 11) is 2.01. The molecule has 2 unspecified atom stereocenters. The predicted octanol–water partition coefficient (Wildman–Crippen LogP) is 2.93. The van der Waals surface area contributed by atoms with E-state index in [0.717, 1.165) is 31.5 Å². The summed E-state index contributed by atoms with van der Waals surface area (Å²) in [5.41, 5.74) is -0.249. The summed E-state index contributed by atoms with van der Waals surface area (Å²) in [5, 5.41) is 10.8. The van der Waals surface area contributed by atoms with Gasteiger partial charge in [-0.3, -0.25) is 0 Å². The first-order chi connectivity index (χ1) is 8.30. The van der Waals surface area contributed by atoms with Crippen molar-refractivity contribution in [2.75, 3.05) is 0 Å². The van der Waals surface area contributed by atoms with E-state index in [0.29, 0.717) is 5.92 Å². The van der Waals surface area contributed by atoms with Crippen molar-refractivity contribution in [3.8, 4) is 0 Å². The summed E-state index contributed by atoms with van der Waals surface area (Å²) in [4.78, 5) is 4.34. The molecule has 2 atom stereocenters. The van der Waals surface area contributed by atoms with Crippen molar-refractivity contribution in [3.05, 3.63) is 18.2 Å². The normalized spacial score (nSPS) is 31.5. The molecule has 2 rings (SSSR count). The third kappa shape index (κ3) is 3.14. The quantitative estimate of drug-likeness (QED) is 0.895. The van der Waals surface area contributed by atoms with Crippen LogP contribution in [0.15, 0.2) is 12.4 Å². The van der Waals surface area contributed by atoms with E-state index in [9.17, 15) is 5.11 Å². The zero-order valence-electron chi connectivity index (χ0n) is 12.1. The van der Waals surface area contributed by atoms with Crippen molar-refractivity contribution in [2.24, 2.45) is 18.4 Å². The molecule has 3 heteroatoms. The molecule has 1 aromatic rings. The first-order valence-corrected chi connectivity index (χ1v) is 6.98. The molecule has 102 valence electrons. The maximum atomic E-state index is 10.8. The van der Waals surface area contributed by atoms with Gasteiger partial charge in [-0.25, -0.2) is 4.98 Å². The Morgan fingerprint density at radius 1 is 1.44 bits per heavy atom. The highest BCUT2D eigenvalue weighted by atomic mass is 16.3. The molecule has 1 saturated carbocycles. The highest BCUT2D eigenvalue weighted by Gasteiger charge is 2.41. The highest BCUT2D eigenvalue weighted by molar-refractivity contribution is 4.98. The Morgan fingerprint density at radius 2 is 2.17 bits per heavy atom. The summed E-state index contributed by atoms with van der Waals surface area (Å²) in [5.74, 6) is 1.68. The smallest absolute Gasteiger partial charge is 0.108 e. The van der Waals surface area contributed by atoms with Gasteiger partial charge in [-0.2, -0.15) is 0 Å². The van der Waals surface area contributed by atoms with Crippen LogP contribution in [-0.2, 0) is 13.5 Å². The molecule has 0 radical (unpaired) electrons. The Balaban J connectivity index is 2.01. The van der Waals surface area contributed by atoms with Crippen molar-refractivity contribution < 1.29 is 5.11 Å². The number of hydrogen-bond acceptors (Lipinski definition) is 2. The van der Waals surface area contributed by atoms with Gasteiger partial charge < -0.3 is 9.67 Å². The second kappa shape index (κ2) is 4.69. The number of rotatable bonds is 3. The van der Waals surface area contributed by atoms with Crippen molar-refractivity contribution >= 4 is 0 Å². The van der Waals surface area contributed by atoms with Crippen LogP contribution in [-0.4, -0.2) is 20.3 Å². The fourth-order valence-corrected chi connectivity index (χ4v) is 3.87. The summed E-state index contributed by atoms with van der Waals surface area (Å²) in [6.45, 7) is 6.80. The number of nitrogens with zero attached hydrogens (tertiary/aromatic N) is 2. The molecule has 1 fully saturated rings. The molecule has 0 saturated heterocycles. The van der Waals surface area contributed by atoms with E-state index in [1.54, 1.807) is 0 Å². The predicted molar refractivity (Wildman–Crippen MR) is 73.3 cm³/mol. The SMILES string of the molecule is CC1CC(C)(C)CC(O)(CCc2nccn2C)C1. The zero-order chi connectivity index (χ0) is 13.4. The average Bonchev–Trinajstić information content (AvgIpc) is 2.57. The third-order valence-corrected chi connectivity index (χ3v) is 4.17. The molecule has 18 heavy (non-hydrogen) atoms. The monoisotopic (exact) mass is 250 g/mol. The molecule has 0 bridgehead atoms. The molecule has 0 amide bonds. The molecular weight excluding hydrogens is 224 g/mol. The van der Waals surface area contributed by atoms with Gasteiger partial charge in [0.05, 0.1) is 5.60 Å². The highest BCUT2D eigenvalue weighted by Crippen LogP contribution is 2.45. The lowest BCUT2D eigenvalue weighted by molar-refractivity contribution is -0.0637. The van der Waals surface area contributed by atoms with Gasteiger partial charge >= 0.3 is 0 Å². The van der Waals surface area contributed by atoms with E-state index in [-0.39, 0.29) is 5.41 Å². The van der Waals surface area contributed by atoms with Crippen molar-refractivity contribution in [1.82, 2.24) is 9.55 Å². The number of hydrogen-bond donors (Lipinski definition) is 1. The van der Waals surface area contributed by atoms with E-state index in [4.69, 9.17) is 0 Å². The zero-order valence-corrected chi connectivity index (χ0v) is 12.1. The molecule has 1 aliphatic rings. The minimum absolute atomic E-state index is 0.258. The molecule has 0 spiro atoms. The topological polar surface area (TPSA) is 38.1 Å². The standard InChI is InChI=1S/C15H26N2O/c1-12-9-14(2,3)11-15(18,10-12)6-5-13-16-7-8-17(13)4/h7-8,12,18H,5-6,9-11H2,1-4H3. The van der Waals surface area contributed by atoms with Gasteiger partial charge in [-0.1, -0.05) is 20.8 Å². The molecule has 0 aromatic carbocycles. The fraction of sp³-hybridized carbons (Fsp3) is 0.800. The Kier molecular flexibility index (Phi) is 3.54. The van der Waals surface area contributed by atoms with Crippen LogP contribution >= 0.6 is 0 Å². The summed E-state index contributed by atoms with van der Waals surface area (Å²) >= 11 is 0. The Morgan fingerprint density at radius 3 is 2.72 bits per heavy atom. The van der Waals surface area contributed by atoms with Crippen LogP contribution in [0, 0.1) is 11.3 Å². The lowest BCUT2D eigenvalue weighted by Gasteiger charge is -2.44. The van der Waals surface area contributed by atoms with Crippen LogP contribution in [0.3, 0.4) is 0 Å². The van der Waals surface area contributed by atoms with Gasteiger partial charge in [-0.05, 0) is 37.0 Å². The second-order valence-corrected chi connectivity index (χ2v) is 7.03. The largest absolute Gasteiger partial charge is 0.390 e. The van der Waals surface area contributed by atoms with Gasteiger partial charge in [0.1, 0.15) is 5.82 Å². The van der Waals surface area contributed by atoms with E-state index >= 15 is 0 Å². The van der Waals surface area contributed by atoms with Crippen LogP contribution in [0.4, 0.5) is 0 Å². The summed E-state index contributed by atoms with van der Waals surface area (Å²) in [6, 6.07) is 0.